The summed E-state index contributed by atoms with van der Waals surface area (Å²) in [6, 6.07) is 5.18. The fourth-order valence-corrected chi connectivity index (χ4v) is 6.37. The molecule has 2 fully saturated rings. The van der Waals surface area contributed by atoms with Gasteiger partial charge in [0.25, 0.3) is 0 Å². The van der Waals surface area contributed by atoms with Crippen LogP contribution in [0, 0.1) is 29.4 Å². The standard InChI is InChI=1S/C30H33F7/c1-2-3-18-4-6-19(7-5-18)20-8-10-21(11-9-20)22-12-14-24(26(31)16-22)29(34)28(33)23-13-15-25(27(32)17-23)30(35,36)37/h12-21H,2-11H2,1H3. The highest BCUT2D eigenvalue weighted by Crippen LogP contribution is 2.45. The van der Waals surface area contributed by atoms with Gasteiger partial charge in [-0.3, -0.25) is 0 Å². The zero-order valence-electron chi connectivity index (χ0n) is 21.0. The molecule has 0 bridgehead atoms. The summed E-state index contributed by atoms with van der Waals surface area (Å²) in [4.78, 5) is 0. The molecule has 2 aliphatic carbocycles. The number of hydrogen-bond donors (Lipinski definition) is 0. The lowest BCUT2D eigenvalue weighted by Crippen LogP contribution is -2.25. The molecule has 0 N–H and O–H groups in total. The second kappa shape index (κ2) is 11.6. The molecule has 202 valence electrons. The van der Waals surface area contributed by atoms with E-state index in [-0.39, 0.29) is 12.0 Å². The Hall–Kier alpha value is -2.31. The largest absolute Gasteiger partial charge is 0.419 e. The monoisotopic (exact) mass is 526 g/mol. The van der Waals surface area contributed by atoms with E-state index in [1.54, 1.807) is 6.07 Å². The Morgan fingerprint density at radius 1 is 0.757 bits per heavy atom. The summed E-state index contributed by atoms with van der Waals surface area (Å²) in [6.07, 6.45) is 6.85. The molecular formula is C30H33F7. The maximum Gasteiger partial charge on any atom is 0.419 e. The molecule has 0 unspecified atom stereocenters. The summed E-state index contributed by atoms with van der Waals surface area (Å²) in [5.41, 5.74) is -2.22. The van der Waals surface area contributed by atoms with Crippen molar-refractivity contribution in [3.05, 3.63) is 70.3 Å². The van der Waals surface area contributed by atoms with Crippen LogP contribution in [0.3, 0.4) is 0 Å². The third-order valence-electron chi connectivity index (χ3n) is 8.45. The maximum atomic E-state index is 14.8. The SMILES string of the molecule is CCCC1CCC(C2CCC(c3ccc(C(F)=C(F)c4ccc(C(F)(F)F)c(F)c4)c(F)c3)CC2)CC1. The Kier molecular flexibility index (Phi) is 8.70. The predicted octanol–water partition coefficient (Wildman–Crippen LogP) is 10.6. The van der Waals surface area contributed by atoms with Crippen LogP contribution in [0.1, 0.15) is 99.3 Å². The van der Waals surface area contributed by atoms with E-state index >= 15 is 0 Å². The van der Waals surface area contributed by atoms with Crippen LogP contribution in [0.2, 0.25) is 0 Å². The zero-order valence-corrected chi connectivity index (χ0v) is 21.0. The number of rotatable bonds is 6. The molecule has 0 atom stereocenters. The quantitative estimate of drug-likeness (QED) is 0.259. The summed E-state index contributed by atoms with van der Waals surface area (Å²) in [5.74, 6) is -3.39. The molecule has 0 amide bonds. The normalized spacial score (nSPS) is 25.6. The van der Waals surface area contributed by atoms with Crippen LogP contribution in [0.15, 0.2) is 36.4 Å². The lowest BCUT2D eigenvalue weighted by molar-refractivity contribution is -0.140. The molecule has 0 aromatic heterocycles. The Morgan fingerprint density at radius 3 is 1.92 bits per heavy atom. The fraction of sp³-hybridized carbons (Fsp3) is 0.533. The Bertz CT molecular complexity index is 1100. The van der Waals surface area contributed by atoms with Gasteiger partial charge in [0.2, 0.25) is 0 Å². The lowest BCUT2D eigenvalue weighted by atomic mass is 9.68. The molecule has 0 saturated heterocycles. The first kappa shape index (κ1) is 27.7. The smallest absolute Gasteiger partial charge is 0.206 e. The predicted molar refractivity (Wildman–Crippen MR) is 132 cm³/mol. The van der Waals surface area contributed by atoms with Crippen LogP contribution >= 0.6 is 0 Å². The van der Waals surface area contributed by atoms with E-state index in [0.717, 1.165) is 49.1 Å². The number of benzene rings is 2. The summed E-state index contributed by atoms with van der Waals surface area (Å²) in [5, 5.41) is 0. The molecule has 0 nitrogen and oxygen atoms in total. The van der Waals surface area contributed by atoms with Gasteiger partial charge in [-0.15, -0.1) is 0 Å². The van der Waals surface area contributed by atoms with Gasteiger partial charge in [-0.05, 0) is 92.0 Å². The second-order valence-corrected chi connectivity index (χ2v) is 10.7. The van der Waals surface area contributed by atoms with Crippen LogP contribution in [-0.2, 0) is 6.18 Å². The molecule has 0 radical (unpaired) electrons. The highest BCUT2D eigenvalue weighted by molar-refractivity contribution is 5.83. The summed E-state index contributed by atoms with van der Waals surface area (Å²) in [6.45, 7) is 2.24. The Morgan fingerprint density at radius 2 is 1.38 bits per heavy atom. The van der Waals surface area contributed by atoms with Crippen molar-refractivity contribution in [3.8, 4) is 0 Å². The Labute approximate surface area is 214 Å². The van der Waals surface area contributed by atoms with Crippen LogP contribution < -0.4 is 0 Å². The molecule has 2 aliphatic rings. The van der Waals surface area contributed by atoms with Crippen molar-refractivity contribution in [1.29, 1.82) is 0 Å². The average Bonchev–Trinajstić information content (AvgIpc) is 2.88. The van der Waals surface area contributed by atoms with Gasteiger partial charge in [-0.25, -0.2) is 17.6 Å². The van der Waals surface area contributed by atoms with E-state index in [2.05, 4.69) is 6.92 Å². The van der Waals surface area contributed by atoms with Crippen molar-refractivity contribution in [3.63, 3.8) is 0 Å². The highest BCUT2D eigenvalue weighted by atomic mass is 19.4. The first-order chi connectivity index (χ1) is 17.6. The maximum absolute atomic E-state index is 14.8. The first-order valence-corrected chi connectivity index (χ1v) is 13.3. The summed E-state index contributed by atoms with van der Waals surface area (Å²) < 4.78 is 96.2. The molecule has 0 spiro atoms. The van der Waals surface area contributed by atoms with Gasteiger partial charge in [-0.1, -0.05) is 44.7 Å². The van der Waals surface area contributed by atoms with Crippen LogP contribution in [0.5, 0.6) is 0 Å². The van der Waals surface area contributed by atoms with Crippen molar-refractivity contribution >= 4 is 11.7 Å². The lowest BCUT2D eigenvalue weighted by Gasteiger charge is -2.38. The van der Waals surface area contributed by atoms with Crippen molar-refractivity contribution in [2.45, 2.75) is 83.2 Å². The van der Waals surface area contributed by atoms with Crippen molar-refractivity contribution in [2.75, 3.05) is 0 Å². The van der Waals surface area contributed by atoms with Crippen LogP contribution in [-0.4, -0.2) is 0 Å². The number of alkyl halides is 3. The molecule has 7 heteroatoms. The van der Waals surface area contributed by atoms with Crippen LogP contribution in [0.25, 0.3) is 11.7 Å². The summed E-state index contributed by atoms with van der Waals surface area (Å²) >= 11 is 0. The van der Waals surface area contributed by atoms with Crippen molar-refractivity contribution < 1.29 is 30.7 Å². The minimum atomic E-state index is -4.96. The van der Waals surface area contributed by atoms with Gasteiger partial charge < -0.3 is 0 Å². The molecule has 2 aromatic carbocycles. The van der Waals surface area contributed by atoms with Crippen molar-refractivity contribution in [1.82, 2.24) is 0 Å². The minimum absolute atomic E-state index is 0.150. The number of halogens is 7. The third kappa shape index (κ3) is 6.40. The fourth-order valence-electron chi connectivity index (χ4n) is 6.37. The molecule has 4 rings (SSSR count). The van der Waals surface area contributed by atoms with Gasteiger partial charge in [0.15, 0.2) is 11.7 Å². The first-order valence-electron chi connectivity index (χ1n) is 13.3. The van der Waals surface area contributed by atoms with E-state index in [1.165, 1.54) is 44.6 Å². The minimum Gasteiger partial charge on any atom is -0.206 e. The highest BCUT2D eigenvalue weighted by Gasteiger charge is 2.34. The van der Waals surface area contributed by atoms with Gasteiger partial charge in [0.1, 0.15) is 11.6 Å². The van der Waals surface area contributed by atoms with Gasteiger partial charge in [-0.2, -0.15) is 13.2 Å². The molecular weight excluding hydrogens is 493 g/mol. The second-order valence-electron chi connectivity index (χ2n) is 10.7. The van der Waals surface area contributed by atoms with Gasteiger partial charge in [0.05, 0.1) is 5.56 Å². The molecule has 2 saturated carbocycles. The van der Waals surface area contributed by atoms with Crippen LogP contribution in [0.4, 0.5) is 30.7 Å². The third-order valence-corrected chi connectivity index (χ3v) is 8.45. The van der Waals surface area contributed by atoms with E-state index < -0.39 is 46.2 Å². The topological polar surface area (TPSA) is 0 Å². The zero-order chi connectivity index (χ0) is 26.7. The van der Waals surface area contributed by atoms with E-state index in [1.807, 2.05) is 0 Å². The van der Waals surface area contributed by atoms with E-state index in [9.17, 15) is 30.7 Å². The summed E-state index contributed by atoms with van der Waals surface area (Å²) in [7, 11) is 0. The molecule has 2 aromatic rings. The van der Waals surface area contributed by atoms with E-state index in [0.29, 0.717) is 18.1 Å². The molecule has 0 aliphatic heterocycles. The number of hydrogen-bond acceptors (Lipinski definition) is 0. The molecule has 37 heavy (non-hydrogen) atoms. The van der Waals surface area contributed by atoms with Gasteiger partial charge >= 0.3 is 6.18 Å². The van der Waals surface area contributed by atoms with Gasteiger partial charge in [0, 0.05) is 11.1 Å². The Balaban J connectivity index is 1.41. The van der Waals surface area contributed by atoms with E-state index in [4.69, 9.17) is 0 Å². The van der Waals surface area contributed by atoms with Crippen molar-refractivity contribution in [2.24, 2.45) is 17.8 Å². The average molecular weight is 527 g/mol. The molecule has 0 heterocycles.